The number of H-pyrrole nitrogens is 2. The number of carbonyl (C=O) groups is 2. The second kappa shape index (κ2) is 10.6. The highest BCUT2D eigenvalue weighted by atomic mass is 35.5. The maximum Gasteiger partial charge on any atom is 0.251 e. The van der Waals surface area contributed by atoms with E-state index in [1.165, 1.54) is 0 Å². The van der Waals surface area contributed by atoms with E-state index in [9.17, 15) is 14.4 Å². The van der Waals surface area contributed by atoms with Crippen LogP contribution in [0.2, 0.25) is 5.02 Å². The van der Waals surface area contributed by atoms with E-state index in [4.69, 9.17) is 11.6 Å². The summed E-state index contributed by atoms with van der Waals surface area (Å²) in [7, 11) is 2.01. The summed E-state index contributed by atoms with van der Waals surface area (Å²) in [5, 5.41) is 10.8. The molecule has 5 heterocycles. The van der Waals surface area contributed by atoms with Crippen LogP contribution in [0.5, 0.6) is 0 Å². The number of benzene rings is 1. The molecule has 2 N–H and O–H groups in total. The fraction of sp³-hybridized carbons (Fsp3) is 0.467. The molecule has 1 fully saturated rings. The number of amides is 2. The Morgan fingerprint density at radius 2 is 1.95 bits per heavy atom. The summed E-state index contributed by atoms with van der Waals surface area (Å²) < 4.78 is 1.09. The molecule has 41 heavy (non-hydrogen) atoms. The fourth-order valence-corrected chi connectivity index (χ4v) is 7.72. The van der Waals surface area contributed by atoms with E-state index in [-0.39, 0.29) is 35.1 Å². The van der Waals surface area contributed by atoms with Gasteiger partial charge in [-0.1, -0.05) is 37.8 Å². The van der Waals surface area contributed by atoms with E-state index in [1.807, 2.05) is 29.8 Å². The van der Waals surface area contributed by atoms with Gasteiger partial charge in [-0.15, -0.1) is 11.3 Å². The number of aromatic nitrogens is 3. The van der Waals surface area contributed by atoms with Crippen molar-refractivity contribution in [2.75, 3.05) is 19.6 Å². The zero-order chi connectivity index (χ0) is 29.1. The molecule has 8 nitrogen and oxygen atoms in total. The molecule has 1 atom stereocenters. The van der Waals surface area contributed by atoms with Gasteiger partial charge in [-0.2, -0.15) is 5.10 Å². The van der Waals surface area contributed by atoms with Gasteiger partial charge in [0, 0.05) is 43.5 Å². The number of hydrogen-bond acceptors (Lipinski definition) is 5. The van der Waals surface area contributed by atoms with Gasteiger partial charge in [-0.3, -0.25) is 19.5 Å². The summed E-state index contributed by atoms with van der Waals surface area (Å²) in [6.07, 6.45) is 3.86. The number of nitrogens with one attached hydrogen (secondary N) is 2. The largest absolute Gasteiger partial charge is 0.343 e. The van der Waals surface area contributed by atoms with Crippen molar-refractivity contribution in [1.29, 1.82) is 0 Å². The minimum absolute atomic E-state index is 0.00492. The number of rotatable bonds is 4. The first-order valence-electron chi connectivity index (χ1n) is 14.3. The molecule has 1 saturated heterocycles. The summed E-state index contributed by atoms with van der Waals surface area (Å²) in [6, 6.07) is 3.96. The molecule has 3 aromatic heterocycles. The molecule has 0 bridgehead atoms. The van der Waals surface area contributed by atoms with E-state index in [0.717, 1.165) is 56.1 Å². The highest BCUT2D eigenvalue weighted by Crippen LogP contribution is 2.36. The molecule has 0 saturated carbocycles. The lowest BCUT2D eigenvalue weighted by Crippen LogP contribution is -2.43. The van der Waals surface area contributed by atoms with Gasteiger partial charge in [0.2, 0.25) is 11.8 Å². The number of fused-ring (bicyclic) bond motifs is 4. The molecular formula is C30H35BClN5O3S. The molecule has 2 aliphatic heterocycles. The number of likely N-dealkylation sites (tertiary alicyclic amines) is 1. The number of nitrogens with zero attached hydrogens (tertiary/aromatic N) is 3. The second-order valence-electron chi connectivity index (χ2n) is 12.9. The van der Waals surface area contributed by atoms with Crippen LogP contribution in [0, 0.1) is 11.3 Å². The number of halogens is 1. The monoisotopic (exact) mass is 591 g/mol. The summed E-state index contributed by atoms with van der Waals surface area (Å²) in [5.41, 5.74) is 5.51. The van der Waals surface area contributed by atoms with Crippen LogP contribution in [0.4, 0.5) is 0 Å². The van der Waals surface area contributed by atoms with E-state index in [0.29, 0.717) is 37.6 Å². The Hall–Kier alpha value is -3.11. The molecular weight excluding hydrogens is 557 g/mol. The van der Waals surface area contributed by atoms with E-state index in [1.54, 1.807) is 17.5 Å². The summed E-state index contributed by atoms with van der Waals surface area (Å²) in [4.78, 5) is 47.2. The maximum atomic E-state index is 13.9. The quantitative estimate of drug-likeness (QED) is 0.353. The van der Waals surface area contributed by atoms with Gasteiger partial charge in [-0.05, 0) is 59.2 Å². The topological polar surface area (TPSA) is 102 Å². The molecule has 2 aliphatic rings. The van der Waals surface area contributed by atoms with Gasteiger partial charge in [0.05, 0.1) is 32.9 Å². The standard InChI is InChI=1S/C30H35BClN5O3S/c1-30(2,3)15-37-13-21-17(9-23(32)26-20(21)12-33-35-26)8-18(29(37)40)10-25(38)36-6-4-16(5-7-36)19-11-24-27(34-28(19)39)22(31)14-41-24/h9,11-12,14,16,18H,4-8,10,13,15,31H2,1-3H3,(H,33,35)(H,34,39)/t18-/m0/s1. The number of piperidine rings is 1. The van der Waals surface area contributed by atoms with E-state index in [2.05, 4.69) is 41.3 Å². The van der Waals surface area contributed by atoms with Crippen LogP contribution in [0.15, 0.2) is 28.5 Å². The van der Waals surface area contributed by atoms with E-state index < -0.39 is 5.92 Å². The molecule has 6 rings (SSSR count). The van der Waals surface area contributed by atoms with Crippen LogP contribution in [0.3, 0.4) is 0 Å². The van der Waals surface area contributed by atoms with Crippen molar-refractivity contribution in [3.8, 4) is 0 Å². The molecule has 0 unspecified atom stereocenters. The Morgan fingerprint density at radius 1 is 1.20 bits per heavy atom. The summed E-state index contributed by atoms with van der Waals surface area (Å²) >= 11 is 8.23. The van der Waals surface area contributed by atoms with Crippen LogP contribution < -0.4 is 11.0 Å². The van der Waals surface area contributed by atoms with Gasteiger partial charge in [0.25, 0.3) is 5.56 Å². The number of hydrogen-bond donors (Lipinski definition) is 2. The van der Waals surface area contributed by atoms with Gasteiger partial charge in [0.1, 0.15) is 7.85 Å². The number of carbonyl (C=O) groups excluding carboxylic acids is 2. The first-order chi connectivity index (χ1) is 19.5. The van der Waals surface area contributed by atoms with Crippen molar-refractivity contribution in [3.05, 3.63) is 55.8 Å². The predicted octanol–water partition coefficient (Wildman–Crippen LogP) is 3.72. The Morgan fingerprint density at radius 3 is 2.68 bits per heavy atom. The predicted molar refractivity (Wildman–Crippen MR) is 167 cm³/mol. The van der Waals surface area contributed by atoms with Crippen LogP contribution in [-0.2, 0) is 22.6 Å². The van der Waals surface area contributed by atoms with E-state index >= 15 is 0 Å². The highest BCUT2D eigenvalue weighted by molar-refractivity contribution is 7.18. The lowest BCUT2D eigenvalue weighted by Gasteiger charge is -2.34. The Bertz CT molecular complexity index is 1710. The highest BCUT2D eigenvalue weighted by Gasteiger charge is 2.36. The average Bonchev–Trinajstić information content (AvgIpc) is 3.53. The average molecular weight is 592 g/mol. The van der Waals surface area contributed by atoms with Crippen LogP contribution in [0.25, 0.3) is 21.1 Å². The van der Waals surface area contributed by atoms with Crippen molar-refractivity contribution in [2.45, 2.75) is 58.9 Å². The molecule has 0 spiro atoms. The number of thiophene rings is 1. The first kappa shape index (κ1) is 28.0. The summed E-state index contributed by atoms with van der Waals surface area (Å²) in [6.45, 7) is 8.57. The molecule has 0 radical (unpaired) electrons. The SMILES string of the molecule is Bc1csc2cc(C3CCN(C(=O)C[C@@H]4Cc5cc(Cl)c6[nH]ncc6c5CN(CC(C)(C)C)C4=O)CC3)c(=O)[nH]c12. The maximum absolute atomic E-state index is 13.9. The Labute approximate surface area is 248 Å². The first-order valence-corrected chi connectivity index (χ1v) is 15.5. The molecule has 214 valence electrons. The van der Waals surface area contributed by atoms with Gasteiger partial charge < -0.3 is 14.8 Å². The minimum atomic E-state index is -0.462. The molecule has 2 amide bonds. The van der Waals surface area contributed by atoms with Gasteiger partial charge >= 0.3 is 0 Å². The third-order valence-electron chi connectivity index (χ3n) is 8.53. The van der Waals surface area contributed by atoms with Crippen LogP contribution in [0.1, 0.15) is 62.6 Å². The van der Waals surface area contributed by atoms with Crippen LogP contribution in [-0.4, -0.2) is 64.3 Å². The van der Waals surface area contributed by atoms with Crippen molar-refractivity contribution in [2.24, 2.45) is 11.3 Å². The fourth-order valence-electron chi connectivity index (χ4n) is 6.50. The zero-order valence-corrected chi connectivity index (χ0v) is 25.5. The van der Waals surface area contributed by atoms with Crippen LogP contribution >= 0.6 is 22.9 Å². The van der Waals surface area contributed by atoms with Crippen molar-refractivity contribution >= 4 is 69.2 Å². The molecule has 0 aliphatic carbocycles. The lowest BCUT2D eigenvalue weighted by atomic mass is 9.88. The smallest absolute Gasteiger partial charge is 0.251 e. The molecule has 11 heteroatoms. The third kappa shape index (κ3) is 5.44. The Balaban J connectivity index is 1.20. The summed E-state index contributed by atoms with van der Waals surface area (Å²) in [5.74, 6) is -0.341. The zero-order valence-electron chi connectivity index (χ0n) is 24.0. The van der Waals surface area contributed by atoms with Crippen molar-refractivity contribution in [3.63, 3.8) is 0 Å². The van der Waals surface area contributed by atoms with Crippen molar-refractivity contribution < 1.29 is 9.59 Å². The van der Waals surface area contributed by atoms with Gasteiger partial charge in [0.15, 0.2) is 0 Å². The molecule has 1 aromatic carbocycles. The number of aromatic amines is 2. The second-order valence-corrected chi connectivity index (χ2v) is 14.2. The molecule has 4 aromatic rings. The third-order valence-corrected chi connectivity index (χ3v) is 9.88. The normalized spacial score (nSPS) is 18.7. The Kier molecular flexibility index (Phi) is 7.26. The number of pyridine rings is 1. The van der Waals surface area contributed by atoms with Gasteiger partial charge in [-0.25, -0.2) is 0 Å². The lowest BCUT2D eigenvalue weighted by molar-refractivity contribution is -0.142. The van der Waals surface area contributed by atoms with Crippen molar-refractivity contribution in [1.82, 2.24) is 25.0 Å². The minimum Gasteiger partial charge on any atom is -0.343 e.